The number of likely N-dealkylation sites (N-methyl/N-ethyl adjacent to an activating group) is 1. The molecule has 0 saturated carbocycles. The maximum atomic E-state index is 11.7. The van der Waals surface area contributed by atoms with Crippen LogP contribution in [0.15, 0.2) is 29.3 Å². The van der Waals surface area contributed by atoms with Crippen molar-refractivity contribution in [1.29, 1.82) is 0 Å². The van der Waals surface area contributed by atoms with E-state index in [1.54, 1.807) is 26.1 Å². The number of amides is 1. The Kier molecular flexibility index (Phi) is 11.2. The average molecular weight is 448 g/mol. The summed E-state index contributed by atoms with van der Waals surface area (Å²) in [5.41, 5.74) is 1.15. The molecule has 136 valence electrons. The lowest BCUT2D eigenvalue weighted by atomic mass is 10.2. The molecule has 0 bridgehead atoms. The Hall–Kier alpha value is -1.51. The number of guanidine groups is 1. The molecule has 0 atom stereocenters. The number of aliphatic imine (C=N–C) groups is 1. The molecule has 0 unspecified atom stereocenters. The quantitative estimate of drug-likeness (QED) is 0.395. The van der Waals surface area contributed by atoms with Crippen LogP contribution in [0.5, 0.6) is 5.75 Å². The van der Waals surface area contributed by atoms with Crippen molar-refractivity contribution >= 4 is 35.8 Å². The zero-order valence-electron chi connectivity index (χ0n) is 15.2. The fourth-order valence-corrected chi connectivity index (χ4v) is 1.91. The molecular formula is C17H29IN4O2. The van der Waals surface area contributed by atoms with Crippen molar-refractivity contribution in [2.24, 2.45) is 4.99 Å². The van der Waals surface area contributed by atoms with Crippen LogP contribution in [0, 0.1) is 0 Å². The van der Waals surface area contributed by atoms with E-state index in [1.807, 2.05) is 36.2 Å². The summed E-state index contributed by atoms with van der Waals surface area (Å²) in [4.78, 5) is 19.7. The van der Waals surface area contributed by atoms with Crippen LogP contribution in [0.4, 0.5) is 0 Å². The third-order valence-electron chi connectivity index (χ3n) is 3.34. The van der Waals surface area contributed by atoms with Gasteiger partial charge in [-0.1, -0.05) is 19.1 Å². The number of rotatable bonds is 7. The van der Waals surface area contributed by atoms with Crippen molar-refractivity contribution in [3.8, 4) is 5.75 Å². The van der Waals surface area contributed by atoms with Crippen LogP contribution >= 0.6 is 24.0 Å². The van der Waals surface area contributed by atoms with Crippen LogP contribution in [0.3, 0.4) is 0 Å². The van der Waals surface area contributed by atoms with E-state index in [4.69, 9.17) is 4.74 Å². The maximum absolute atomic E-state index is 11.7. The van der Waals surface area contributed by atoms with Gasteiger partial charge >= 0.3 is 0 Å². The molecule has 0 aliphatic carbocycles. The monoisotopic (exact) mass is 448 g/mol. The molecule has 0 aliphatic heterocycles. The summed E-state index contributed by atoms with van der Waals surface area (Å²) in [7, 11) is 7.09. The van der Waals surface area contributed by atoms with E-state index < -0.39 is 0 Å². The van der Waals surface area contributed by atoms with Gasteiger partial charge in [0.2, 0.25) is 5.91 Å². The van der Waals surface area contributed by atoms with Crippen LogP contribution in [0.25, 0.3) is 0 Å². The molecule has 0 radical (unpaired) electrons. The number of benzene rings is 1. The summed E-state index contributed by atoms with van der Waals surface area (Å²) < 4.78 is 5.17. The standard InChI is InChI=1S/C17H28N4O2.HI/c1-6-11-18-17(19-12-16(22)20(2)3)21(4)13-14-7-9-15(23-5)10-8-14;/h7-10H,6,11-13H2,1-5H3,(H,18,19);1H. The predicted molar refractivity (Wildman–Crippen MR) is 109 cm³/mol. The topological polar surface area (TPSA) is 57.2 Å². The van der Waals surface area contributed by atoms with Gasteiger partial charge in [0.05, 0.1) is 7.11 Å². The zero-order chi connectivity index (χ0) is 17.2. The van der Waals surface area contributed by atoms with Crippen LogP contribution < -0.4 is 10.1 Å². The van der Waals surface area contributed by atoms with Crippen LogP contribution in [-0.2, 0) is 11.3 Å². The molecule has 1 N–H and O–H groups in total. The molecule has 1 aromatic carbocycles. The normalized spacial score (nSPS) is 10.6. The Morgan fingerprint density at radius 2 is 1.83 bits per heavy atom. The second-order valence-electron chi connectivity index (χ2n) is 5.56. The summed E-state index contributed by atoms with van der Waals surface area (Å²) >= 11 is 0. The minimum Gasteiger partial charge on any atom is -0.497 e. The van der Waals surface area contributed by atoms with Crippen molar-refractivity contribution in [3.05, 3.63) is 29.8 Å². The number of methoxy groups -OCH3 is 1. The van der Waals surface area contributed by atoms with Gasteiger partial charge < -0.3 is 19.9 Å². The number of hydrogen-bond acceptors (Lipinski definition) is 3. The first-order valence-corrected chi connectivity index (χ1v) is 7.80. The third-order valence-corrected chi connectivity index (χ3v) is 3.34. The molecule has 0 aromatic heterocycles. The van der Waals surface area contributed by atoms with Gasteiger partial charge in [-0.2, -0.15) is 0 Å². The first-order chi connectivity index (χ1) is 11.0. The van der Waals surface area contributed by atoms with E-state index in [2.05, 4.69) is 17.2 Å². The highest BCUT2D eigenvalue weighted by Gasteiger charge is 2.09. The Bertz CT molecular complexity index is 518. The van der Waals surface area contributed by atoms with E-state index in [1.165, 1.54) is 0 Å². The molecule has 0 heterocycles. The fraction of sp³-hybridized carbons (Fsp3) is 0.529. The maximum Gasteiger partial charge on any atom is 0.243 e. The lowest BCUT2D eigenvalue weighted by Crippen LogP contribution is -2.39. The molecule has 0 saturated heterocycles. The van der Waals surface area contributed by atoms with Gasteiger partial charge in [-0.25, -0.2) is 4.99 Å². The summed E-state index contributed by atoms with van der Waals surface area (Å²) in [6, 6.07) is 7.93. The summed E-state index contributed by atoms with van der Waals surface area (Å²) in [6.45, 7) is 3.77. The van der Waals surface area contributed by atoms with Crippen molar-refractivity contribution < 1.29 is 9.53 Å². The summed E-state index contributed by atoms with van der Waals surface area (Å²) in [6.07, 6.45) is 0.997. The van der Waals surface area contributed by atoms with E-state index in [9.17, 15) is 4.79 Å². The van der Waals surface area contributed by atoms with Crippen LogP contribution in [0.1, 0.15) is 18.9 Å². The Morgan fingerprint density at radius 1 is 1.21 bits per heavy atom. The molecule has 6 nitrogen and oxygen atoms in total. The molecule has 1 rings (SSSR count). The largest absolute Gasteiger partial charge is 0.497 e. The second kappa shape index (κ2) is 11.9. The highest BCUT2D eigenvalue weighted by Crippen LogP contribution is 2.12. The molecule has 1 amide bonds. The van der Waals surface area contributed by atoms with E-state index >= 15 is 0 Å². The Morgan fingerprint density at radius 3 is 2.33 bits per heavy atom. The Labute approximate surface area is 162 Å². The molecular weight excluding hydrogens is 419 g/mol. The van der Waals surface area contributed by atoms with Crippen molar-refractivity contribution in [1.82, 2.24) is 15.1 Å². The highest BCUT2D eigenvalue weighted by atomic mass is 127. The lowest BCUT2D eigenvalue weighted by Gasteiger charge is -2.23. The third kappa shape index (κ3) is 7.85. The SMILES string of the molecule is CCCNC(=NCC(=O)N(C)C)N(C)Cc1ccc(OC)cc1.I. The number of hydrogen-bond donors (Lipinski definition) is 1. The van der Waals surface area contributed by atoms with E-state index in [-0.39, 0.29) is 36.4 Å². The molecule has 24 heavy (non-hydrogen) atoms. The van der Waals surface area contributed by atoms with Gasteiger partial charge in [-0.05, 0) is 24.1 Å². The molecule has 0 fully saturated rings. The number of nitrogens with one attached hydrogen (secondary N) is 1. The van der Waals surface area contributed by atoms with Gasteiger partial charge in [0.25, 0.3) is 0 Å². The van der Waals surface area contributed by atoms with Gasteiger partial charge in [0.1, 0.15) is 12.3 Å². The highest BCUT2D eigenvalue weighted by molar-refractivity contribution is 14.0. The van der Waals surface area contributed by atoms with E-state index in [0.717, 1.165) is 30.2 Å². The fourth-order valence-electron chi connectivity index (χ4n) is 1.91. The zero-order valence-corrected chi connectivity index (χ0v) is 17.5. The van der Waals surface area contributed by atoms with Gasteiger partial charge in [-0.15, -0.1) is 24.0 Å². The first-order valence-electron chi connectivity index (χ1n) is 7.80. The number of carbonyl (C=O) groups is 1. The Balaban J connectivity index is 0.00000529. The molecule has 1 aromatic rings. The smallest absolute Gasteiger partial charge is 0.243 e. The number of nitrogens with zero attached hydrogens (tertiary/aromatic N) is 3. The van der Waals surface area contributed by atoms with Crippen molar-refractivity contribution in [3.63, 3.8) is 0 Å². The van der Waals surface area contributed by atoms with Gasteiger partial charge in [0, 0.05) is 34.2 Å². The van der Waals surface area contributed by atoms with Crippen LogP contribution in [-0.4, -0.2) is 63.0 Å². The summed E-state index contributed by atoms with van der Waals surface area (Å²) in [5.74, 6) is 1.56. The molecule has 0 aliphatic rings. The second-order valence-corrected chi connectivity index (χ2v) is 5.56. The molecule has 7 heteroatoms. The van der Waals surface area contributed by atoms with Crippen LogP contribution in [0.2, 0.25) is 0 Å². The van der Waals surface area contributed by atoms with Crippen molar-refractivity contribution in [2.75, 3.05) is 41.3 Å². The lowest BCUT2D eigenvalue weighted by molar-refractivity contribution is -0.127. The molecule has 0 spiro atoms. The summed E-state index contributed by atoms with van der Waals surface area (Å²) in [5, 5.41) is 3.29. The minimum atomic E-state index is -0.0151. The first kappa shape index (κ1) is 22.5. The number of ether oxygens (including phenoxy) is 1. The van der Waals surface area contributed by atoms with Gasteiger partial charge in [0.15, 0.2) is 5.96 Å². The van der Waals surface area contributed by atoms with Crippen molar-refractivity contribution in [2.45, 2.75) is 19.9 Å². The number of halogens is 1. The minimum absolute atomic E-state index is 0. The number of carbonyl (C=O) groups excluding carboxylic acids is 1. The average Bonchev–Trinajstić information content (AvgIpc) is 2.55. The predicted octanol–water partition coefficient (Wildman–Crippen LogP) is 2.19. The van der Waals surface area contributed by atoms with E-state index in [0.29, 0.717) is 6.54 Å². The van der Waals surface area contributed by atoms with Gasteiger partial charge in [-0.3, -0.25) is 4.79 Å².